The first kappa shape index (κ1) is 20.6. The van der Waals surface area contributed by atoms with Crippen LogP contribution < -0.4 is 14.2 Å². The Kier molecular flexibility index (Phi) is 5.84. The molecular formula is C20H22Cl2N2O4S. The third kappa shape index (κ3) is 4.28. The molecule has 2 aromatic rings. The Morgan fingerprint density at radius 2 is 1.83 bits per heavy atom. The van der Waals surface area contributed by atoms with Crippen molar-refractivity contribution < 1.29 is 17.9 Å². The standard InChI is InChI=1S/C20H22Cl2N2O4S/c1-27-18-4-5-19(29(25,26)23-15-9-13(21)8-14(22)10-15)20-17(18)11-16(12-28-20)24-6-2-3-7-24/h4-5,8-10,16,23H,2-3,6-7,11-12H2,1H3. The number of nitrogens with one attached hydrogen (secondary N) is 1. The van der Waals surface area contributed by atoms with Crippen molar-refractivity contribution in [1.29, 1.82) is 0 Å². The highest BCUT2D eigenvalue weighted by molar-refractivity contribution is 7.92. The van der Waals surface area contributed by atoms with E-state index in [0.29, 0.717) is 34.6 Å². The fourth-order valence-electron chi connectivity index (χ4n) is 3.98. The zero-order valence-corrected chi connectivity index (χ0v) is 18.3. The summed E-state index contributed by atoms with van der Waals surface area (Å²) >= 11 is 12.0. The summed E-state index contributed by atoms with van der Waals surface area (Å²) in [6.45, 7) is 2.53. The lowest BCUT2D eigenvalue weighted by atomic mass is 10.0. The molecule has 0 radical (unpaired) electrons. The van der Waals surface area contributed by atoms with Crippen LogP contribution >= 0.6 is 23.2 Å². The van der Waals surface area contributed by atoms with Crippen molar-refractivity contribution in [3.05, 3.63) is 45.9 Å². The van der Waals surface area contributed by atoms with Gasteiger partial charge in [0, 0.05) is 21.7 Å². The van der Waals surface area contributed by atoms with Gasteiger partial charge in [0.25, 0.3) is 10.0 Å². The highest BCUT2D eigenvalue weighted by Crippen LogP contribution is 2.40. The first-order chi connectivity index (χ1) is 13.9. The molecule has 1 unspecified atom stereocenters. The zero-order chi connectivity index (χ0) is 20.6. The number of sulfonamides is 1. The quantitative estimate of drug-likeness (QED) is 0.729. The molecule has 9 heteroatoms. The van der Waals surface area contributed by atoms with Crippen LogP contribution in [0.3, 0.4) is 0 Å². The van der Waals surface area contributed by atoms with Crippen LogP contribution in [0.2, 0.25) is 10.0 Å². The van der Waals surface area contributed by atoms with Crippen molar-refractivity contribution in [2.75, 3.05) is 31.5 Å². The molecule has 6 nitrogen and oxygen atoms in total. The SMILES string of the molecule is COc1ccc(S(=O)(=O)Nc2cc(Cl)cc(Cl)c2)c2c1CC(N1CCCC1)CO2. The number of hydrogen-bond acceptors (Lipinski definition) is 5. The van der Waals surface area contributed by atoms with Crippen LogP contribution in [0.15, 0.2) is 35.2 Å². The van der Waals surface area contributed by atoms with Crippen molar-refractivity contribution in [3.63, 3.8) is 0 Å². The Labute approximate surface area is 180 Å². The molecule has 156 valence electrons. The van der Waals surface area contributed by atoms with Gasteiger partial charge in [0.2, 0.25) is 0 Å². The summed E-state index contributed by atoms with van der Waals surface area (Å²) in [5, 5.41) is 0.688. The molecule has 2 aromatic carbocycles. The van der Waals surface area contributed by atoms with Crippen LogP contribution in [0.4, 0.5) is 5.69 Å². The number of ether oxygens (including phenoxy) is 2. The number of benzene rings is 2. The molecule has 2 aliphatic heterocycles. The summed E-state index contributed by atoms with van der Waals surface area (Å²) in [5.74, 6) is 0.981. The van der Waals surface area contributed by atoms with Gasteiger partial charge in [0.05, 0.1) is 12.8 Å². The lowest BCUT2D eigenvalue weighted by molar-refractivity contribution is 0.137. The predicted octanol–water partition coefficient (Wildman–Crippen LogP) is 4.20. The zero-order valence-electron chi connectivity index (χ0n) is 16.0. The molecule has 0 saturated carbocycles. The van der Waals surface area contributed by atoms with Gasteiger partial charge in [0.15, 0.2) is 0 Å². The van der Waals surface area contributed by atoms with E-state index in [0.717, 1.165) is 18.7 Å². The summed E-state index contributed by atoms with van der Waals surface area (Å²) < 4.78 is 40.2. The molecular weight excluding hydrogens is 435 g/mol. The minimum atomic E-state index is -3.91. The van der Waals surface area contributed by atoms with E-state index in [-0.39, 0.29) is 16.6 Å². The van der Waals surface area contributed by atoms with Gasteiger partial charge < -0.3 is 9.47 Å². The van der Waals surface area contributed by atoms with Crippen molar-refractivity contribution in [1.82, 2.24) is 4.90 Å². The molecule has 0 aliphatic carbocycles. The maximum absolute atomic E-state index is 13.1. The van der Waals surface area contributed by atoms with Gasteiger partial charge >= 0.3 is 0 Å². The lowest BCUT2D eigenvalue weighted by Crippen LogP contribution is -2.41. The molecule has 2 heterocycles. The molecule has 1 N–H and O–H groups in total. The van der Waals surface area contributed by atoms with Gasteiger partial charge in [-0.15, -0.1) is 0 Å². The van der Waals surface area contributed by atoms with E-state index in [9.17, 15) is 8.42 Å². The van der Waals surface area contributed by atoms with Crippen molar-refractivity contribution in [2.24, 2.45) is 0 Å². The van der Waals surface area contributed by atoms with Crippen LogP contribution in [0.5, 0.6) is 11.5 Å². The third-order valence-corrected chi connectivity index (χ3v) is 7.16. The molecule has 0 spiro atoms. The average Bonchev–Trinajstić information content (AvgIpc) is 3.20. The minimum absolute atomic E-state index is 0.0734. The topological polar surface area (TPSA) is 67.9 Å². The second kappa shape index (κ2) is 8.22. The third-order valence-electron chi connectivity index (χ3n) is 5.32. The van der Waals surface area contributed by atoms with Crippen molar-refractivity contribution in [3.8, 4) is 11.5 Å². The van der Waals surface area contributed by atoms with E-state index in [1.54, 1.807) is 13.2 Å². The van der Waals surface area contributed by atoms with E-state index in [1.165, 1.54) is 37.1 Å². The summed E-state index contributed by atoms with van der Waals surface area (Å²) in [6.07, 6.45) is 3.05. The van der Waals surface area contributed by atoms with Gasteiger partial charge in [-0.25, -0.2) is 8.42 Å². The van der Waals surface area contributed by atoms with E-state index in [2.05, 4.69) is 9.62 Å². The van der Waals surface area contributed by atoms with Crippen LogP contribution in [0.1, 0.15) is 18.4 Å². The van der Waals surface area contributed by atoms with Crippen LogP contribution in [0, 0.1) is 0 Å². The number of nitrogens with zero attached hydrogens (tertiary/aromatic N) is 1. The summed E-state index contributed by atoms with van der Waals surface area (Å²) in [4.78, 5) is 2.47. The fourth-order valence-corrected chi connectivity index (χ4v) is 5.72. The normalized spacial score (nSPS) is 19.5. The van der Waals surface area contributed by atoms with E-state index >= 15 is 0 Å². The highest BCUT2D eigenvalue weighted by Gasteiger charge is 2.33. The van der Waals surface area contributed by atoms with E-state index in [4.69, 9.17) is 32.7 Å². The molecule has 29 heavy (non-hydrogen) atoms. The monoisotopic (exact) mass is 456 g/mol. The average molecular weight is 457 g/mol. The largest absolute Gasteiger partial charge is 0.496 e. The maximum Gasteiger partial charge on any atom is 0.265 e. The summed E-state index contributed by atoms with van der Waals surface area (Å²) in [5.41, 5.74) is 1.07. The highest BCUT2D eigenvalue weighted by atomic mass is 35.5. The van der Waals surface area contributed by atoms with Crippen LogP contribution in [-0.2, 0) is 16.4 Å². The minimum Gasteiger partial charge on any atom is -0.496 e. The first-order valence-corrected chi connectivity index (χ1v) is 11.7. The fraction of sp³-hybridized carbons (Fsp3) is 0.400. The number of halogens is 2. The van der Waals surface area contributed by atoms with Crippen molar-refractivity contribution in [2.45, 2.75) is 30.2 Å². The van der Waals surface area contributed by atoms with Gasteiger partial charge in [0.1, 0.15) is 23.0 Å². The molecule has 1 fully saturated rings. The summed E-state index contributed by atoms with van der Waals surface area (Å²) in [6, 6.07) is 7.95. The Morgan fingerprint density at radius 3 is 2.48 bits per heavy atom. The Balaban J connectivity index is 1.68. The van der Waals surface area contributed by atoms with Gasteiger partial charge in [-0.2, -0.15) is 0 Å². The van der Waals surface area contributed by atoms with Crippen LogP contribution in [-0.4, -0.2) is 46.2 Å². The summed E-state index contributed by atoms with van der Waals surface area (Å²) in [7, 11) is -2.33. The van der Waals surface area contributed by atoms with Crippen molar-refractivity contribution >= 4 is 38.9 Å². The predicted molar refractivity (Wildman–Crippen MR) is 114 cm³/mol. The second-order valence-corrected chi connectivity index (χ2v) is 9.77. The molecule has 0 amide bonds. The number of methoxy groups -OCH3 is 1. The lowest BCUT2D eigenvalue weighted by Gasteiger charge is -2.33. The molecule has 4 rings (SSSR count). The smallest absolute Gasteiger partial charge is 0.265 e. The molecule has 1 atom stereocenters. The van der Waals surface area contributed by atoms with Crippen LogP contribution in [0.25, 0.3) is 0 Å². The number of rotatable bonds is 5. The number of likely N-dealkylation sites (tertiary alicyclic amines) is 1. The van der Waals surface area contributed by atoms with E-state index < -0.39 is 10.0 Å². The number of fused-ring (bicyclic) bond motifs is 1. The molecule has 0 bridgehead atoms. The maximum atomic E-state index is 13.1. The van der Waals surface area contributed by atoms with E-state index in [1.807, 2.05) is 0 Å². The van der Waals surface area contributed by atoms with Gasteiger partial charge in [-0.1, -0.05) is 23.2 Å². The molecule has 2 aliphatic rings. The Morgan fingerprint density at radius 1 is 1.14 bits per heavy atom. The van der Waals surface area contributed by atoms with Gasteiger partial charge in [-0.05, 0) is 62.7 Å². The Bertz CT molecular complexity index is 1000. The number of anilines is 1. The first-order valence-electron chi connectivity index (χ1n) is 9.43. The molecule has 1 saturated heterocycles. The Hall–Kier alpha value is -1.67. The molecule has 0 aromatic heterocycles. The second-order valence-electron chi connectivity index (χ2n) is 7.25. The van der Waals surface area contributed by atoms with Gasteiger partial charge in [-0.3, -0.25) is 9.62 Å². The number of hydrogen-bond donors (Lipinski definition) is 1.